The number of hydrogen-bond donors (Lipinski definition) is 0. The maximum Gasteiger partial charge on any atom is 0.159 e. The number of furan rings is 1. The van der Waals surface area contributed by atoms with Crippen LogP contribution in [0.5, 0.6) is 0 Å². The summed E-state index contributed by atoms with van der Waals surface area (Å²) >= 11 is 0. The molecule has 0 unspecified atom stereocenters. The van der Waals surface area contributed by atoms with Crippen molar-refractivity contribution in [2.45, 2.75) is 0 Å². The number of aromatic nitrogens is 1. The summed E-state index contributed by atoms with van der Waals surface area (Å²) in [6.45, 7) is 0. The van der Waals surface area contributed by atoms with E-state index in [0.717, 1.165) is 72.2 Å². The van der Waals surface area contributed by atoms with E-state index in [0.29, 0.717) is 0 Å². The second-order valence-electron chi connectivity index (χ2n) is 15.7. The van der Waals surface area contributed by atoms with E-state index in [1.54, 1.807) is 0 Å². The lowest BCUT2D eigenvalue weighted by molar-refractivity contribution is 0.673. The van der Waals surface area contributed by atoms with Crippen LogP contribution in [0.3, 0.4) is 0 Å². The van der Waals surface area contributed by atoms with Gasteiger partial charge < -0.3 is 13.9 Å². The van der Waals surface area contributed by atoms with Crippen LogP contribution < -0.4 is 4.90 Å². The van der Waals surface area contributed by atoms with Crippen molar-refractivity contribution in [3.05, 3.63) is 231 Å². The molecule has 0 radical (unpaired) electrons. The molecule has 0 spiro atoms. The fraction of sp³-hybridized carbons (Fsp3) is 0. The van der Waals surface area contributed by atoms with Crippen LogP contribution in [0.25, 0.3) is 93.6 Å². The topological polar surface area (TPSA) is 21.3 Å². The summed E-state index contributed by atoms with van der Waals surface area (Å²) in [7, 11) is 0. The lowest BCUT2D eigenvalue weighted by Crippen LogP contribution is -2.10. The highest BCUT2D eigenvalue weighted by Gasteiger charge is 2.21. The molecule has 0 N–H and O–H groups in total. The van der Waals surface area contributed by atoms with Crippen molar-refractivity contribution in [2.24, 2.45) is 0 Å². The molecule has 3 nitrogen and oxygen atoms in total. The van der Waals surface area contributed by atoms with Crippen molar-refractivity contribution in [3.63, 3.8) is 0 Å². The molecule has 0 atom stereocenters. The maximum atomic E-state index is 6.92. The van der Waals surface area contributed by atoms with Crippen LogP contribution in [-0.4, -0.2) is 4.57 Å². The van der Waals surface area contributed by atoms with Gasteiger partial charge in [-0.15, -0.1) is 0 Å². The van der Waals surface area contributed by atoms with Gasteiger partial charge in [-0.25, -0.2) is 0 Å². The number of para-hydroxylation sites is 3. The Balaban J connectivity index is 0.960. The lowest BCUT2D eigenvalue weighted by atomic mass is 10.00. The van der Waals surface area contributed by atoms with Gasteiger partial charge >= 0.3 is 0 Å². The van der Waals surface area contributed by atoms with Crippen LogP contribution in [-0.2, 0) is 0 Å². The molecular weight excluding hydrogens is 741 g/mol. The number of rotatable bonds is 7. The summed E-state index contributed by atoms with van der Waals surface area (Å²) in [5, 5.41) is 7.01. The highest BCUT2D eigenvalue weighted by atomic mass is 16.3. The molecule has 0 bridgehead atoms. The van der Waals surface area contributed by atoms with E-state index in [2.05, 4.69) is 240 Å². The predicted octanol–water partition coefficient (Wildman–Crippen LogP) is 16.3. The van der Waals surface area contributed by atoms with Gasteiger partial charge in [-0.05, 0) is 99.4 Å². The van der Waals surface area contributed by atoms with Crippen LogP contribution >= 0.6 is 0 Å². The molecule has 0 amide bonds. The van der Waals surface area contributed by atoms with Gasteiger partial charge in [0.15, 0.2) is 5.58 Å². The average Bonchev–Trinajstić information content (AvgIpc) is 3.89. The van der Waals surface area contributed by atoms with Crippen molar-refractivity contribution in [1.82, 2.24) is 4.57 Å². The van der Waals surface area contributed by atoms with Crippen molar-refractivity contribution in [3.8, 4) is 39.1 Å². The van der Waals surface area contributed by atoms with Crippen LogP contribution in [0.4, 0.5) is 17.1 Å². The van der Waals surface area contributed by atoms with E-state index in [1.807, 2.05) is 0 Å². The normalized spacial score (nSPS) is 11.6. The molecule has 61 heavy (non-hydrogen) atoms. The summed E-state index contributed by atoms with van der Waals surface area (Å²) in [5.74, 6) is 0. The first kappa shape index (κ1) is 34.9. The van der Waals surface area contributed by atoms with Gasteiger partial charge in [-0.1, -0.05) is 170 Å². The molecule has 0 aliphatic heterocycles. The number of fused-ring (bicyclic) bond motifs is 8. The number of hydrogen-bond acceptors (Lipinski definition) is 2. The highest BCUT2D eigenvalue weighted by Crippen LogP contribution is 2.44. The highest BCUT2D eigenvalue weighted by molar-refractivity contribution is 6.17. The Hall–Kier alpha value is -8.14. The Labute approximate surface area is 353 Å². The first-order valence-corrected chi connectivity index (χ1v) is 20.8. The molecule has 12 aromatic rings. The maximum absolute atomic E-state index is 6.92. The van der Waals surface area contributed by atoms with E-state index in [4.69, 9.17) is 4.42 Å². The molecule has 286 valence electrons. The quantitative estimate of drug-likeness (QED) is 0.161. The monoisotopic (exact) mass is 778 g/mol. The van der Waals surface area contributed by atoms with Crippen LogP contribution in [0.15, 0.2) is 235 Å². The molecule has 2 aromatic heterocycles. The third-order valence-corrected chi connectivity index (χ3v) is 12.2. The van der Waals surface area contributed by atoms with Crippen LogP contribution in [0.2, 0.25) is 0 Å². The predicted molar refractivity (Wildman–Crippen MR) is 257 cm³/mol. The van der Waals surface area contributed by atoms with Gasteiger partial charge in [0.25, 0.3) is 0 Å². The van der Waals surface area contributed by atoms with E-state index in [-0.39, 0.29) is 0 Å². The third kappa shape index (κ3) is 5.90. The Bertz CT molecular complexity index is 3510. The molecule has 0 aliphatic rings. The Morgan fingerprint density at radius 2 is 0.787 bits per heavy atom. The van der Waals surface area contributed by atoms with E-state index in [9.17, 15) is 0 Å². The second kappa shape index (κ2) is 14.3. The first-order valence-electron chi connectivity index (χ1n) is 20.8. The summed E-state index contributed by atoms with van der Waals surface area (Å²) in [4.78, 5) is 2.33. The largest absolute Gasteiger partial charge is 0.453 e. The Kier molecular flexibility index (Phi) is 8.17. The molecule has 10 aromatic carbocycles. The van der Waals surface area contributed by atoms with E-state index >= 15 is 0 Å². The van der Waals surface area contributed by atoms with Crippen LogP contribution in [0.1, 0.15) is 0 Å². The number of benzene rings is 10. The minimum absolute atomic E-state index is 0.859. The van der Waals surface area contributed by atoms with Gasteiger partial charge in [0, 0.05) is 44.0 Å². The number of nitrogens with zero attached hydrogens (tertiary/aromatic N) is 2. The summed E-state index contributed by atoms with van der Waals surface area (Å²) in [6, 6.07) is 82.7. The number of anilines is 3. The molecule has 3 heteroatoms. The van der Waals surface area contributed by atoms with E-state index < -0.39 is 0 Å². The zero-order valence-electron chi connectivity index (χ0n) is 33.2. The molecule has 0 saturated heterocycles. The molecular formula is C58H38N2O. The fourth-order valence-electron chi connectivity index (χ4n) is 9.23. The first-order chi connectivity index (χ1) is 30.2. The van der Waals surface area contributed by atoms with Gasteiger partial charge in [0.1, 0.15) is 5.58 Å². The van der Waals surface area contributed by atoms with E-state index in [1.165, 1.54) is 38.5 Å². The van der Waals surface area contributed by atoms with Crippen molar-refractivity contribution in [2.75, 3.05) is 4.90 Å². The standard InChI is InChI=1S/C58H38N2O/c1-2-12-39(13-3-1)40-24-26-41(27-25-40)42-28-33-46(34-29-42)59(56-23-11-20-52-53-37-32-44-14-4-5-17-49(44)57(53)61-58(52)56)47-35-30-43(31-36-47)45-15-10-16-48(38-45)60-54-21-8-6-18-50(54)51-19-7-9-22-55(51)60/h1-38H. The van der Waals surface area contributed by atoms with Crippen molar-refractivity contribution < 1.29 is 4.42 Å². The van der Waals surface area contributed by atoms with Gasteiger partial charge in [-0.3, -0.25) is 0 Å². The van der Waals surface area contributed by atoms with Gasteiger partial charge in [0.2, 0.25) is 0 Å². The van der Waals surface area contributed by atoms with Crippen LogP contribution in [0, 0.1) is 0 Å². The Morgan fingerprint density at radius 3 is 1.44 bits per heavy atom. The summed E-state index contributed by atoms with van der Waals surface area (Å²) in [6.07, 6.45) is 0. The zero-order chi connectivity index (χ0) is 40.3. The van der Waals surface area contributed by atoms with Gasteiger partial charge in [0.05, 0.1) is 16.7 Å². The molecule has 0 aliphatic carbocycles. The minimum Gasteiger partial charge on any atom is -0.453 e. The molecule has 2 heterocycles. The fourth-order valence-corrected chi connectivity index (χ4v) is 9.23. The van der Waals surface area contributed by atoms with Gasteiger partial charge in [-0.2, -0.15) is 0 Å². The summed E-state index contributed by atoms with van der Waals surface area (Å²) in [5.41, 5.74) is 15.5. The van der Waals surface area contributed by atoms with Crippen molar-refractivity contribution >= 4 is 71.6 Å². The lowest BCUT2D eigenvalue weighted by Gasteiger charge is -2.26. The average molecular weight is 779 g/mol. The SMILES string of the molecule is c1ccc(-c2ccc(-c3ccc(N(c4ccc(-c5cccc(-n6c7ccccc7c7ccccc76)c5)cc4)c4cccc5c4oc4c6ccccc6ccc54)cc3)cc2)cc1. The smallest absolute Gasteiger partial charge is 0.159 e. The van der Waals surface area contributed by atoms with Crippen molar-refractivity contribution in [1.29, 1.82) is 0 Å². The molecule has 0 saturated carbocycles. The second-order valence-corrected chi connectivity index (χ2v) is 15.7. The molecule has 0 fully saturated rings. The Morgan fingerprint density at radius 1 is 0.311 bits per heavy atom. The molecule has 12 rings (SSSR count). The minimum atomic E-state index is 0.859. The summed E-state index contributed by atoms with van der Waals surface area (Å²) < 4.78 is 9.30. The zero-order valence-corrected chi connectivity index (χ0v) is 33.2. The third-order valence-electron chi connectivity index (χ3n) is 12.2.